The molecule has 2 aromatic heterocycles. The van der Waals surface area contributed by atoms with Crippen molar-refractivity contribution in [2.45, 2.75) is 26.7 Å². The summed E-state index contributed by atoms with van der Waals surface area (Å²) >= 11 is 1.71. The maximum absolute atomic E-state index is 5.39. The highest BCUT2D eigenvalue weighted by Crippen LogP contribution is 2.31. The van der Waals surface area contributed by atoms with Crippen LogP contribution < -0.4 is 0 Å². The summed E-state index contributed by atoms with van der Waals surface area (Å²) in [6.45, 7) is 6.38. The molecule has 2 aromatic rings. The number of rotatable bonds is 2. The molecule has 0 radical (unpaired) electrons. The summed E-state index contributed by atoms with van der Waals surface area (Å²) in [5.74, 6) is 1.44. The quantitative estimate of drug-likeness (QED) is 0.748. The molecule has 0 aliphatic heterocycles. The van der Waals surface area contributed by atoms with E-state index in [-0.39, 0.29) is 0 Å². The Morgan fingerprint density at radius 1 is 1.43 bits per heavy atom. The molecule has 0 N–H and O–H groups in total. The van der Waals surface area contributed by atoms with Gasteiger partial charge in [-0.25, -0.2) is 4.98 Å². The van der Waals surface area contributed by atoms with E-state index in [0.29, 0.717) is 5.92 Å². The number of aromatic nitrogens is 1. The van der Waals surface area contributed by atoms with E-state index < -0.39 is 0 Å². The zero-order valence-electron chi connectivity index (χ0n) is 8.57. The minimum absolute atomic E-state index is 0.538. The summed E-state index contributed by atoms with van der Waals surface area (Å²) < 4.78 is 5.39. The summed E-state index contributed by atoms with van der Waals surface area (Å²) in [7, 11) is 0. The first-order chi connectivity index (χ1) is 6.68. The molecule has 0 aromatic carbocycles. The van der Waals surface area contributed by atoms with E-state index in [0.717, 1.165) is 16.3 Å². The molecule has 74 valence electrons. The van der Waals surface area contributed by atoms with Crippen molar-refractivity contribution < 1.29 is 4.42 Å². The number of nitrogens with zero attached hydrogens (tertiary/aromatic N) is 1. The van der Waals surface area contributed by atoms with Gasteiger partial charge in [-0.2, -0.15) is 0 Å². The van der Waals surface area contributed by atoms with Gasteiger partial charge in [-0.05, 0) is 24.5 Å². The summed E-state index contributed by atoms with van der Waals surface area (Å²) in [5, 5.41) is 0.983. The fourth-order valence-corrected chi connectivity index (χ4v) is 2.22. The van der Waals surface area contributed by atoms with Crippen molar-refractivity contribution in [3.05, 3.63) is 29.0 Å². The van der Waals surface area contributed by atoms with Crippen LogP contribution in [0.5, 0.6) is 0 Å². The Balaban J connectivity index is 2.39. The highest BCUT2D eigenvalue weighted by atomic mass is 32.1. The van der Waals surface area contributed by atoms with Crippen LogP contribution in [0.4, 0.5) is 0 Å². The van der Waals surface area contributed by atoms with Crippen LogP contribution in [-0.4, -0.2) is 4.98 Å². The third-order valence-electron chi connectivity index (χ3n) is 2.15. The summed E-state index contributed by atoms with van der Waals surface area (Å²) in [4.78, 5) is 5.67. The van der Waals surface area contributed by atoms with Gasteiger partial charge in [0.15, 0.2) is 10.8 Å². The Labute approximate surface area is 87.6 Å². The summed E-state index contributed by atoms with van der Waals surface area (Å²) in [5.41, 5.74) is 1.15. The van der Waals surface area contributed by atoms with E-state index in [4.69, 9.17) is 4.42 Å². The fraction of sp³-hybridized carbons (Fsp3) is 0.364. The Morgan fingerprint density at radius 2 is 2.21 bits per heavy atom. The maximum atomic E-state index is 5.39. The topological polar surface area (TPSA) is 26.0 Å². The molecule has 2 nitrogen and oxygen atoms in total. The van der Waals surface area contributed by atoms with Gasteiger partial charge in [0.1, 0.15) is 0 Å². The number of hydrogen-bond acceptors (Lipinski definition) is 3. The average molecular weight is 207 g/mol. The molecule has 0 atom stereocenters. The molecule has 0 amide bonds. The molecule has 2 heterocycles. The molecule has 0 aliphatic rings. The molecular formula is C11H13NOS. The van der Waals surface area contributed by atoms with Crippen molar-refractivity contribution >= 4 is 11.3 Å². The summed E-state index contributed by atoms with van der Waals surface area (Å²) in [6, 6.07) is 1.96. The lowest BCUT2D eigenvalue weighted by molar-refractivity contribution is 0.580. The van der Waals surface area contributed by atoms with E-state index in [9.17, 15) is 0 Å². The number of hydrogen-bond donors (Lipinski definition) is 0. The predicted molar refractivity (Wildman–Crippen MR) is 58.6 cm³/mol. The van der Waals surface area contributed by atoms with Gasteiger partial charge >= 0.3 is 0 Å². The second-order valence-electron chi connectivity index (χ2n) is 3.66. The van der Waals surface area contributed by atoms with Crippen LogP contribution in [0.15, 0.2) is 22.9 Å². The van der Waals surface area contributed by atoms with Gasteiger partial charge in [-0.1, -0.05) is 13.8 Å². The Bertz CT molecular complexity index is 428. The number of furan rings is 1. The monoisotopic (exact) mass is 207 g/mol. The first kappa shape index (κ1) is 9.46. The molecule has 0 unspecified atom stereocenters. The van der Waals surface area contributed by atoms with E-state index in [2.05, 4.69) is 18.8 Å². The van der Waals surface area contributed by atoms with Crippen LogP contribution in [0, 0.1) is 6.92 Å². The molecule has 0 saturated carbocycles. The highest BCUT2D eigenvalue weighted by molar-refractivity contribution is 7.15. The zero-order valence-corrected chi connectivity index (χ0v) is 9.39. The number of thiazole rings is 1. The van der Waals surface area contributed by atoms with Gasteiger partial charge in [-0.15, -0.1) is 11.3 Å². The van der Waals surface area contributed by atoms with Crippen molar-refractivity contribution in [1.82, 2.24) is 4.98 Å². The van der Waals surface area contributed by atoms with E-state index >= 15 is 0 Å². The molecule has 0 aliphatic carbocycles. The lowest BCUT2D eigenvalue weighted by Crippen LogP contribution is -1.77. The molecule has 0 bridgehead atoms. The largest absolute Gasteiger partial charge is 0.462 e. The van der Waals surface area contributed by atoms with Gasteiger partial charge in [0.25, 0.3) is 0 Å². The van der Waals surface area contributed by atoms with E-state index in [1.807, 2.05) is 19.2 Å². The first-order valence-corrected chi connectivity index (χ1v) is 5.50. The van der Waals surface area contributed by atoms with Crippen LogP contribution in [0.2, 0.25) is 0 Å². The molecule has 0 spiro atoms. The SMILES string of the molecule is Cc1ccoc1-c1ncc(C(C)C)s1. The van der Waals surface area contributed by atoms with E-state index in [1.54, 1.807) is 17.6 Å². The van der Waals surface area contributed by atoms with Gasteiger partial charge in [0.2, 0.25) is 0 Å². The molecule has 0 fully saturated rings. The van der Waals surface area contributed by atoms with Crippen molar-refractivity contribution in [3.63, 3.8) is 0 Å². The lowest BCUT2D eigenvalue weighted by atomic mass is 10.2. The van der Waals surface area contributed by atoms with E-state index in [1.165, 1.54) is 4.88 Å². The number of aryl methyl sites for hydroxylation is 1. The summed E-state index contributed by atoms with van der Waals surface area (Å²) in [6.07, 6.45) is 3.65. The van der Waals surface area contributed by atoms with Crippen molar-refractivity contribution in [3.8, 4) is 10.8 Å². The maximum Gasteiger partial charge on any atom is 0.165 e. The minimum Gasteiger partial charge on any atom is -0.462 e. The molecule has 0 saturated heterocycles. The van der Waals surface area contributed by atoms with Gasteiger partial charge < -0.3 is 4.42 Å². The lowest BCUT2D eigenvalue weighted by Gasteiger charge is -1.96. The molecular weight excluding hydrogens is 194 g/mol. The van der Waals surface area contributed by atoms with Crippen molar-refractivity contribution in [2.75, 3.05) is 0 Å². The Hall–Kier alpha value is -1.09. The first-order valence-electron chi connectivity index (χ1n) is 4.68. The highest BCUT2D eigenvalue weighted by Gasteiger charge is 2.11. The van der Waals surface area contributed by atoms with Gasteiger partial charge in [0, 0.05) is 11.1 Å². The van der Waals surface area contributed by atoms with Crippen LogP contribution >= 0.6 is 11.3 Å². The van der Waals surface area contributed by atoms with Crippen molar-refractivity contribution in [1.29, 1.82) is 0 Å². The van der Waals surface area contributed by atoms with Crippen LogP contribution in [-0.2, 0) is 0 Å². The Kier molecular flexibility index (Phi) is 2.42. The van der Waals surface area contributed by atoms with Gasteiger partial charge in [-0.3, -0.25) is 0 Å². The van der Waals surface area contributed by atoms with Crippen LogP contribution in [0.3, 0.4) is 0 Å². The molecule has 2 rings (SSSR count). The average Bonchev–Trinajstić information content (AvgIpc) is 2.71. The van der Waals surface area contributed by atoms with Crippen LogP contribution in [0.1, 0.15) is 30.2 Å². The third-order valence-corrected chi connectivity index (χ3v) is 3.45. The predicted octanol–water partition coefficient (Wildman–Crippen LogP) is 3.83. The second kappa shape index (κ2) is 3.58. The minimum atomic E-state index is 0.538. The van der Waals surface area contributed by atoms with Crippen LogP contribution in [0.25, 0.3) is 10.8 Å². The van der Waals surface area contributed by atoms with Crippen molar-refractivity contribution in [2.24, 2.45) is 0 Å². The fourth-order valence-electron chi connectivity index (χ4n) is 1.25. The smallest absolute Gasteiger partial charge is 0.165 e. The Morgan fingerprint density at radius 3 is 2.71 bits per heavy atom. The molecule has 3 heteroatoms. The third kappa shape index (κ3) is 1.60. The van der Waals surface area contributed by atoms with Gasteiger partial charge in [0.05, 0.1) is 6.26 Å². The standard InChI is InChI=1S/C11H13NOS/c1-7(2)9-6-12-11(14-9)10-8(3)4-5-13-10/h4-7H,1-3H3. The molecule has 14 heavy (non-hydrogen) atoms. The second-order valence-corrected chi connectivity index (χ2v) is 4.72. The normalized spacial score (nSPS) is 11.1. The zero-order chi connectivity index (χ0) is 10.1.